The van der Waals surface area contributed by atoms with Gasteiger partial charge in [0.1, 0.15) is 29.9 Å². The summed E-state index contributed by atoms with van der Waals surface area (Å²) < 4.78 is 54.3. The van der Waals surface area contributed by atoms with Crippen molar-refractivity contribution in [3.63, 3.8) is 0 Å². The molecule has 2 aromatic carbocycles. The Kier molecular flexibility index (Phi) is 6.30. The Morgan fingerprint density at radius 1 is 0.944 bits per heavy atom. The van der Waals surface area contributed by atoms with Gasteiger partial charge in [0.15, 0.2) is 0 Å². The molecule has 5 rings (SSSR count). The van der Waals surface area contributed by atoms with Crippen molar-refractivity contribution in [2.24, 2.45) is 0 Å². The van der Waals surface area contributed by atoms with Gasteiger partial charge in [0.05, 0.1) is 11.8 Å². The molecule has 0 unspecified atom stereocenters. The maximum absolute atomic E-state index is 15.0. The summed E-state index contributed by atoms with van der Waals surface area (Å²) in [4.78, 5) is 19.6. The number of halogens is 4. The van der Waals surface area contributed by atoms with Crippen LogP contribution in [0.2, 0.25) is 5.02 Å². The Labute approximate surface area is 205 Å². The minimum Gasteiger partial charge on any atom is -0.473 e. The molecule has 36 heavy (non-hydrogen) atoms. The first-order valence-electron chi connectivity index (χ1n) is 10.5. The highest BCUT2D eigenvalue weighted by Crippen LogP contribution is 2.27. The van der Waals surface area contributed by atoms with Crippen LogP contribution in [0.15, 0.2) is 63.9 Å². The van der Waals surface area contributed by atoms with Gasteiger partial charge in [-0.3, -0.25) is 9.89 Å². The van der Waals surface area contributed by atoms with Crippen LogP contribution in [0.1, 0.15) is 17.0 Å². The summed E-state index contributed by atoms with van der Waals surface area (Å²) in [6, 6.07) is 12.0. The molecule has 0 fully saturated rings. The van der Waals surface area contributed by atoms with E-state index in [0.717, 1.165) is 12.1 Å². The number of hydrogen-bond acceptors (Lipinski definition) is 6. The third-order valence-corrected chi connectivity index (χ3v) is 5.40. The number of rotatable bonds is 7. The highest BCUT2D eigenvalue weighted by atomic mass is 35.5. The summed E-state index contributed by atoms with van der Waals surface area (Å²) in [5.74, 6) is -1.38. The number of H-pyrrole nitrogens is 2. The summed E-state index contributed by atoms with van der Waals surface area (Å²) >= 11 is 5.75. The van der Waals surface area contributed by atoms with Crippen molar-refractivity contribution in [3.05, 3.63) is 104 Å². The van der Waals surface area contributed by atoms with Crippen LogP contribution in [0.4, 0.5) is 13.2 Å². The number of pyridine rings is 1. The zero-order chi connectivity index (χ0) is 25.2. The Bertz CT molecular complexity index is 1610. The van der Waals surface area contributed by atoms with Gasteiger partial charge >= 0.3 is 0 Å². The molecule has 3 aromatic heterocycles. The lowest BCUT2D eigenvalue weighted by atomic mass is 10.0. The quantitative estimate of drug-likeness (QED) is 0.315. The lowest BCUT2D eigenvalue weighted by molar-refractivity contribution is 0.288. The van der Waals surface area contributed by atoms with Crippen molar-refractivity contribution >= 4 is 11.6 Å². The number of aromatic nitrogens is 5. The maximum atomic E-state index is 15.0. The number of ether oxygens (including phenoxy) is 1. The second-order valence-electron chi connectivity index (χ2n) is 7.67. The van der Waals surface area contributed by atoms with Crippen LogP contribution in [0, 0.1) is 17.5 Å². The minimum absolute atomic E-state index is 0.0279. The van der Waals surface area contributed by atoms with E-state index in [-0.39, 0.29) is 63.7 Å². The van der Waals surface area contributed by atoms with Gasteiger partial charge in [-0.25, -0.2) is 23.1 Å². The summed E-state index contributed by atoms with van der Waals surface area (Å²) in [7, 11) is 0. The van der Waals surface area contributed by atoms with Gasteiger partial charge in [-0.15, -0.1) is 5.10 Å². The predicted octanol–water partition coefficient (Wildman–Crippen LogP) is 5.06. The largest absolute Gasteiger partial charge is 0.473 e. The van der Waals surface area contributed by atoms with Crippen LogP contribution < -0.4 is 10.3 Å². The van der Waals surface area contributed by atoms with Crippen molar-refractivity contribution in [1.82, 2.24) is 25.3 Å². The minimum atomic E-state index is -0.712. The summed E-state index contributed by atoms with van der Waals surface area (Å²) in [6.07, 6.45) is -0.0894. The molecular formula is C24H15ClF3N5O3. The molecule has 0 aliphatic heterocycles. The van der Waals surface area contributed by atoms with Crippen molar-refractivity contribution in [2.45, 2.75) is 13.0 Å². The molecule has 8 nitrogen and oxygen atoms in total. The molecule has 182 valence electrons. The van der Waals surface area contributed by atoms with E-state index >= 15 is 0 Å². The average molecular weight is 514 g/mol. The van der Waals surface area contributed by atoms with Gasteiger partial charge in [0.25, 0.3) is 5.56 Å². The summed E-state index contributed by atoms with van der Waals surface area (Å²) in [6.45, 7) is -0.124. The average Bonchev–Trinajstić information content (AvgIpc) is 3.50. The molecule has 5 aromatic rings. The van der Waals surface area contributed by atoms with E-state index in [0.29, 0.717) is 0 Å². The number of benzene rings is 2. The standard InChI is InChI=1S/C24H15ClF3N5O3/c25-14-5-4-12(16(26)8-14)11-35-23-3-1-2-19(29-23)15-9-17(27)13(6-18(15)28)7-21-30-24(32-31-21)20-10-22(34)33-36-20/h1-6,8-10H,7,11H2,(H,33,34)(H,30,31,32). The highest BCUT2D eigenvalue weighted by Gasteiger charge is 2.17. The van der Waals surface area contributed by atoms with Gasteiger partial charge in [-0.05, 0) is 35.9 Å². The first-order valence-corrected chi connectivity index (χ1v) is 10.9. The molecule has 0 amide bonds. The lowest BCUT2D eigenvalue weighted by Gasteiger charge is -2.10. The molecule has 12 heteroatoms. The second kappa shape index (κ2) is 9.70. The Morgan fingerprint density at radius 3 is 2.56 bits per heavy atom. The SMILES string of the molecule is O=c1cc(-c2n[nH]c(Cc3cc(F)c(-c4cccc(OCc5ccc(Cl)cc5F)n4)cc3F)n2)o[nH]1. The van der Waals surface area contributed by atoms with E-state index in [1.165, 1.54) is 36.4 Å². The van der Waals surface area contributed by atoms with Crippen LogP contribution in [0.3, 0.4) is 0 Å². The van der Waals surface area contributed by atoms with Gasteiger partial charge in [-0.2, -0.15) is 5.16 Å². The lowest BCUT2D eigenvalue weighted by Crippen LogP contribution is -2.01. The third-order valence-electron chi connectivity index (χ3n) is 5.16. The van der Waals surface area contributed by atoms with Gasteiger partial charge in [0.2, 0.25) is 17.5 Å². The molecule has 0 saturated heterocycles. The maximum Gasteiger partial charge on any atom is 0.280 e. The van der Waals surface area contributed by atoms with Crippen LogP contribution >= 0.6 is 11.6 Å². The Hall–Kier alpha value is -4.38. The smallest absolute Gasteiger partial charge is 0.280 e. The second-order valence-corrected chi connectivity index (χ2v) is 8.10. The molecule has 3 heterocycles. The van der Waals surface area contributed by atoms with Crippen molar-refractivity contribution < 1.29 is 22.4 Å². The molecule has 0 aliphatic rings. The molecule has 2 N–H and O–H groups in total. The number of hydrogen-bond donors (Lipinski definition) is 2. The molecular weight excluding hydrogens is 499 g/mol. The number of nitrogens with one attached hydrogen (secondary N) is 2. The molecule has 0 spiro atoms. The first-order chi connectivity index (χ1) is 17.4. The number of aromatic amines is 2. The monoisotopic (exact) mass is 513 g/mol. The fourth-order valence-corrected chi connectivity index (χ4v) is 3.57. The van der Waals surface area contributed by atoms with Gasteiger partial charge in [-0.1, -0.05) is 23.7 Å². The normalized spacial score (nSPS) is 11.1. The van der Waals surface area contributed by atoms with Crippen LogP contribution in [-0.2, 0) is 13.0 Å². The molecule has 0 aliphatic carbocycles. The van der Waals surface area contributed by atoms with E-state index in [9.17, 15) is 18.0 Å². The van der Waals surface area contributed by atoms with E-state index in [1.807, 2.05) is 0 Å². The van der Waals surface area contributed by atoms with E-state index in [4.69, 9.17) is 20.9 Å². The van der Waals surface area contributed by atoms with Crippen LogP contribution in [-0.4, -0.2) is 25.3 Å². The van der Waals surface area contributed by atoms with Crippen LogP contribution in [0.5, 0.6) is 5.88 Å². The summed E-state index contributed by atoms with van der Waals surface area (Å²) in [5, 5.41) is 8.90. The Balaban J connectivity index is 1.33. The topological polar surface area (TPSA) is 110 Å². The third kappa shape index (κ3) is 5.01. The van der Waals surface area contributed by atoms with Crippen LogP contribution in [0.25, 0.3) is 22.8 Å². The predicted molar refractivity (Wildman–Crippen MR) is 123 cm³/mol. The van der Waals surface area contributed by atoms with Gasteiger partial charge < -0.3 is 9.26 Å². The zero-order valence-corrected chi connectivity index (χ0v) is 18.9. The summed E-state index contributed by atoms with van der Waals surface area (Å²) in [5.41, 5.74) is -0.106. The fraction of sp³-hybridized carbons (Fsp3) is 0.0833. The van der Waals surface area contributed by atoms with E-state index in [1.54, 1.807) is 6.07 Å². The molecule has 0 bridgehead atoms. The van der Waals surface area contributed by atoms with E-state index in [2.05, 4.69) is 25.3 Å². The molecule has 0 radical (unpaired) electrons. The molecule has 0 saturated carbocycles. The van der Waals surface area contributed by atoms with Gasteiger partial charge in [0, 0.05) is 28.6 Å². The van der Waals surface area contributed by atoms with E-state index < -0.39 is 23.0 Å². The Morgan fingerprint density at radius 2 is 1.78 bits per heavy atom. The van der Waals surface area contributed by atoms with Crippen molar-refractivity contribution in [1.29, 1.82) is 0 Å². The van der Waals surface area contributed by atoms with Crippen molar-refractivity contribution in [2.75, 3.05) is 0 Å². The molecule has 0 atom stereocenters. The number of nitrogens with zero attached hydrogens (tertiary/aromatic N) is 3. The zero-order valence-electron chi connectivity index (χ0n) is 18.2. The highest BCUT2D eigenvalue weighted by molar-refractivity contribution is 6.30. The first kappa shape index (κ1) is 23.4. The fourth-order valence-electron chi connectivity index (χ4n) is 3.41. The van der Waals surface area contributed by atoms with Crippen molar-refractivity contribution in [3.8, 4) is 28.7 Å².